The predicted octanol–water partition coefficient (Wildman–Crippen LogP) is 3.84. The second-order valence-corrected chi connectivity index (χ2v) is 4.49. The summed E-state index contributed by atoms with van der Waals surface area (Å²) in [5.74, 6) is 0. The van der Waals surface area contributed by atoms with Gasteiger partial charge >= 0.3 is 0 Å². The molecule has 2 N–H and O–H groups in total. The minimum atomic E-state index is -0.534. The molecule has 0 saturated carbocycles. The fourth-order valence-electron chi connectivity index (χ4n) is 1.91. The number of hydrogen-bond acceptors (Lipinski definition) is 1. The highest BCUT2D eigenvalue weighted by Crippen LogP contribution is 2.34. The van der Waals surface area contributed by atoms with Crippen LogP contribution in [0.15, 0.2) is 12.1 Å². The predicted molar refractivity (Wildman–Crippen MR) is 63.7 cm³/mol. The summed E-state index contributed by atoms with van der Waals surface area (Å²) < 4.78 is 0. The molecule has 1 atom stereocenters. The Hall–Kier alpha value is -0.700. The van der Waals surface area contributed by atoms with Crippen LogP contribution in [-0.4, -0.2) is 10.1 Å². The average Bonchev–Trinajstić information content (AvgIpc) is 2.41. The Morgan fingerprint density at radius 2 is 2.00 bits per heavy atom. The van der Waals surface area contributed by atoms with E-state index in [1.165, 1.54) is 0 Å². The summed E-state index contributed by atoms with van der Waals surface area (Å²) in [4.78, 5) is 3.15. The highest BCUT2D eigenvalue weighted by Gasteiger charge is 2.15. The van der Waals surface area contributed by atoms with Crippen LogP contribution in [0.25, 0.3) is 10.9 Å². The third-order valence-corrected chi connectivity index (χ3v) is 3.00. The van der Waals surface area contributed by atoms with Crippen molar-refractivity contribution in [2.24, 2.45) is 0 Å². The van der Waals surface area contributed by atoms with Gasteiger partial charge in [-0.25, -0.2) is 0 Å². The van der Waals surface area contributed by atoms with E-state index in [0.29, 0.717) is 10.0 Å². The number of H-pyrrole nitrogens is 1. The smallest absolute Gasteiger partial charge is 0.0785 e. The number of aliphatic hydroxyl groups is 1. The number of nitrogens with one attached hydrogen (secondary N) is 1. The van der Waals surface area contributed by atoms with Gasteiger partial charge in [-0.2, -0.15) is 0 Å². The third kappa shape index (κ3) is 1.73. The van der Waals surface area contributed by atoms with Crippen LogP contribution in [0.3, 0.4) is 0 Å². The molecule has 1 heterocycles. The Kier molecular flexibility index (Phi) is 2.67. The maximum Gasteiger partial charge on any atom is 0.0785 e. The molecule has 2 rings (SSSR count). The molecule has 0 aliphatic heterocycles. The van der Waals surface area contributed by atoms with Gasteiger partial charge in [0.25, 0.3) is 0 Å². The molecule has 0 amide bonds. The maximum absolute atomic E-state index is 9.67. The van der Waals surface area contributed by atoms with E-state index >= 15 is 0 Å². The molecule has 0 bridgehead atoms. The van der Waals surface area contributed by atoms with Crippen molar-refractivity contribution in [3.8, 4) is 0 Å². The van der Waals surface area contributed by atoms with E-state index in [-0.39, 0.29) is 0 Å². The normalized spacial score (nSPS) is 13.4. The lowest BCUT2D eigenvalue weighted by atomic mass is 10.1. The summed E-state index contributed by atoms with van der Waals surface area (Å²) in [6.07, 6.45) is -0.534. The molecule has 15 heavy (non-hydrogen) atoms. The van der Waals surface area contributed by atoms with E-state index < -0.39 is 6.10 Å². The van der Waals surface area contributed by atoms with Crippen molar-refractivity contribution >= 4 is 34.1 Å². The third-order valence-electron chi connectivity index (χ3n) is 2.48. The van der Waals surface area contributed by atoms with Gasteiger partial charge in [0.15, 0.2) is 0 Å². The van der Waals surface area contributed by atoms with Crippen LogP contribution < -0.4 is 0 Å². The number of halogens is 2. The van der Waals surface area contributed by atoms with Crippen molar-refractivity contribution in [2.45, 2.75) is 20.0 Å². The van der Waals surface area contributed by atoms with Gasteiger partial charge in [-0.1, -0.05) is 23.2 Å². The summed E-state index contributed by atoms with van der Waals surface area (Å²) in [6.45, 7) is 3.64. The van der Waals surface area contributed by atoms with Crippen LogP contribution in [0.5, 0.6) is 0 Å². The lowest BCUT2D eigenvalue weighted by molar-refractivity contribution is 0.200. The molecule has 0 spiro atoms. The van der Waals surface area contributed by atoms with Gasteiger partial charge < -0.3 is 10.1 Å². The summed E-state index contributed by atoms with van der Waals surface area (Å²) in [6, 6.07) is 3.50. The number of aromatic amines is 1. The van der Waals surface area contributed by atoms with E-state index in [4.69, 9.17) is 23.2 Å². The molecule has 1 aromatic carbocycles. The van der Waals surface area contributed by atoms with Crippen molar-refractivity contribution in [3.63, 3.8) is 0 Å². The summed E-state index contributed by atoms with van der Waals surface area (Å²) in [5, 5.41) is 11.7. The minimum absolute atomic E-state index is 0.534. The largest absolute Gasteiger partial charge is 0.389 e. The number of aromatic nitrogens is 1. The molecular weight excluding hydrogens is 233 g/mol. The Balaban J connectivity index is 2.86. The van der Waals surface area contributed by atoms with E-state index in [1.807, 2.05) is 13.0 Å². The average molecular weight is 244 g/mol. The number of benzene rings is 1. The molecule has 2 nitrogen and oxygen atoms in total. The van der Waals surface area contributed by atoms with Crippen molar-refractivity contribution in [3.05, 3.63) is 33.4 Å². The van der Waals surface area contributed by atoms with Crippen LogP contribution in [0.1, 0.15) is 24.3 Å². The number of aryl methyl sites for hydroxylation is 1. The molecule has 0 aliphatic carbocycles. The molecule has 0 fully saturated rings. The zero-order valence-corrected chi connectivity index (χ0v) is 9.95. The molecule has 1 unspecified atom stereocenters. The lowest BCUT2D eigenvalue weighted by Crippen LogP contribution is -1.91. The quantitative estimate of drug-likeness (QED) is 0.785. The highest BCUT2D eigenvalue weighted by molar-refractivity contribution is 6.38. The van der Waals surface area contributed by atoms with Gasteiger partial charge in [-0.05, 0) is 26.0 Å². The number of fused-ring (bicyclic) bond motifs is 1. The lowest BCUT2D eigenvalue weighted by Gasteiger charge is -2.04. The van der Waals surface area contributed by atoms with Gasteiger partial charge in [0.05, 0.1) is 16.6 Å². The molecule has 4 heteroatoms. The zero-order valence-electron chi connectivity index (χ0n) is 8.44. The summed E-state index contributed by atoms with van der Waals surface area (Å²) in [5.41, 5.74) is 2.60. The first-order valence-electron chi connectivity index (χ1n) is 4.66. The van der Waals surface area contributed by atoms with Crippen LogP contribution >= 0.6 is 23.2 Å². The zero-order chi connectivity index (χ0) is 11.2. The standard InChI is InChI=1S/C11H11Cl2NO/c1-5-10(6(2)15)8-3-7(12)4-9(13)11(8)14-5/h3-4,6,14-15H,1-2H3. The minimum Gasteiger partial charge on any atom is -0.389 e. The first-order chi connectivity index (χ1) is 7.00. The van der Waals surface area contributed by atoms with E-state index in [9.17, 15) is 5.11 Å². The Labute approximate surface area is 97.8 Å². The van der Waals surface area contributed by atoms with Gasteiger partial charge in [0.1, 0.15) is 0 Å². The van der Waals surface area contributed by atoms with Crippen molar-refractivity contribution in [1.82, 2.24) is 4.98 Å². The van der Waals surface area contributed by atoms with Crippen molar-refractivity contribution in [2.75, 3.05) is 0 Å². The Morgan fingerprint density at radius 3 is 2.60 bits per heavy atom. The van der Waals surface area contributed by atoms with Crippen LogP contribution in [0.4, 0.5) is 0 Å². The highest BCUT2D eigenvalue weighted by atomic mass is 35.5. The molecule has 80 valence electrons. The van der Waals surface area contributed by atoms with Gasteiger partial charge in [-0.15, -0.1) is 0 Å². The van der Waals surface area contributed by atoms with Crippen LogP contribution in [-0.2, 0) is 0 Å². The van der Waals surface area contributed by atoms with Gasteiger partial charge in [0.2, 0.25) is 0 Å². The van der Waals surface area contributed by atoms with E-state index in [0.717, 1.165) is 22.2 Å². The second kappa shape index (κ2) is 3.71. The molecule has 2 aromatic rings. The molecule has 0 radical (unpaired) electrons. The van der Waals surface area contributed by atoms with Gasteiger partial charge in [-0.3, -0.25) is 0 Å². The van der Waals surface area contributed by atoms with Crippen molar-refractivity contribution < 1.29 is 5.11 Å². The Morgan fingerprint density at radius 1 is 1.33 bits per heavy atom. The number of hydrogen-bond donors (Lipinski definition) is 2. The fraction of sp³-hybridized carbons (Fsp3) is 0.273. The Bertz CT molecular complexity index is 517. The SMILES string of the molecule is Cc1[nH]c2c(Cl)cc(Cl)cc2c1C(C)O. The maximum atomic E-state index is 9.67. The summed E-state index contributed by atoms with van der Waals surface area (Å²) in [7, 11) is 0. The first-order valence-corrected chi connectivity index (χ1v) is 5.41. The number of aliphatic hydroxyl groups excluding tert-OH is 1. The van der Waals surface area contributed by atoms with Crippen LogP contribution in [0, 0.1) is 6.92 Å². The van der Waals surface area contributed by atoms with Crippen molar-refractivity contribution in [1.29, 1.82) is 0 Å². The van der Waals surface area contributed by atoms with E-state index in [1.54, 1.807) is 13.0 Å². The molecule has 0 aliphatic rings. The summed E-state index contributed by atoms with van der Waals surface area (Å²) >= 11 is 12.0. The number of rotatable bonds is 1. The second-order valence-electron chi connectivity index (χ2n) is 3.65. The molecular formula is C11H11Cl2NO. The van der Waals surface area contributed by atoms with Gasteiger partial charge in [0, 0.05) is 21.7 Å². The fourth-order valence-corrected chi connectivity index (χ4v) is 2.45. The molecule has 0 saturated heterocycles. The monoisotopic (exact) mass is 243 g/mol. The topological polar surface area (TPSA) is 36.0 Å². The van der Waals surface area contributed by atoms with Crippen LogP contribution in [0.2, 0.25) is 10.0 Å². The molecule has 1 aromatic heterocycles. The first kappa shape index (κ1) is 10.8. The van der Waals surface area contributed by atoms with E-state index in [2.05, 4.69) is 4.98 Å².